The van der Waals surface area contributed by atoms with Crippen molar-refractivity contribution in [2.75, 3.05) is 7.11 Å². The molecule has 0 saturated carbocycles. The maximum Gasteiger partial charge on any atom is 0.375 e. The number of fused-ring (bicyclic) bond motifs is 1. The molecule has 0 radical (unpaired) electrons. The molecule has 134 valence electrons. The Bertz CT molecular complexity index is 942. The molecule has 0 fully saturated rings. The first kappa shape index (κ1) is 17.8. The van der Waals surface area contributed by atoms with Gasteiger partial charge in [0.25, 0.3) is 0 Å². The lowest BCUT2D eigenvalue weighted by Crippen LogP contribution is -2.24. The normalized spacial score (nSPS) is 12.1. The number of carbonyl (C=O) groups is 2. The van der Waals surface area contributed by atoms with Crippen LogP contribution in [0.25, 0.3) is 11.0 Å². The van der Waals surface area contributed by atoms with E-state index in [0.29, 0.717) is 11.1 Å². The van der Waals surface area contributed by atoms with E-state index in [4.69, 9.17) is 13.9 Å². The van der Waals surface area contributed by atoms with Crippen LogP contribution in [0, 0.1) is 5.82 Å². The van der Waals surface area contributed by atoms with Crippen LogP contribution in [-0.2, 0) is 16.1 Å². The average Bonchev–Trinajstić information content (AvgIpc) is 3.01. The number of rotatable bonds is 6. The van der Waals surface area contributed by atoms with Crippen LogP contribution >= 0.6 is 0 Å². The smallest absolute Gasteiger partial charge is 0.375 e. The Hall–Kier alpha value is -2.99. The SMILES string of the molecule is COCc1c(C(=O)O[C@H](C)C(=O)c2ccc(F)cc2)oc2ccccc12. The minimum Gasteiger partial charge on any atom is -0.449 e. The van der Waals surface area contributed by atoms with Gasteiger partial charge in [0.15, 0.2) is 6.10 Å². The first-order valence-electron chi connectivity index (χ1n) is 8.01. The zero-order valence-corrected chi connectivity index (χ0v) is 14.3. The summed E-state index contributed by atoms with van der Waals surface area (Å²) in [5.74, 6) is -1.62. The molecule has 1 heterocycles. The molecular weight excluding hydrogens is 339 g/mol. The molecule has 0 aliphatic carbocycles. The van der Waals surface area contributed by atoms with Crippen molar-refractivity contribution in [2.45, 2.75) is 19.6 Å². The van der Waals surface area contributed by atoms with Crippen molar-refractivity contribution in [3.8, 4) is 0 Å². The Labute approximate surface area is 149 Å². The number of ether oxygens (including phenoxy) is 2. The van der Waals surface area contributed by atoms with E-state index in [2.05, 4.69) is 0 Å². The summed E-state index contributed by atoms with van der Waals surface area (Å²) in [5, 5.41) is 0.749. The summed E-state index contributed by atoms with van der Waals surface area (Å²) in [5.41, 5.74) is 1.35. The van der Waals surface area contributed by atoms with Crippen molar-refractivity contribution in [3.63, 3.8) is 0 Å². The molecule has 3 aromatic rings. The predicted octanol–water partition coefficient (Wildman–Crippen LogP) is 4.15. The van der Waals surface area contributed by atoms with Gasteiger partial charge >= 0.3 is 5.97 Å². The van der Waals surface area contributed by atoms with Crippen LogP contribution < -0.4 is 0 Å². The summed E-state index contributed by atoms with van der Waals surface area (Å²) in [4.78, 5) is 24.9. The molecule has 6 heteroatoms. The molecule has 3 rings (SSSR count). The van der Waals surface area contributed by atoms with E-state index >= 15 is 0 Å². The average molecular weight is 356 g/mol. The molecule has 0 bridgehead atoms. The maximum absolute atomic E-state index is 13.0. The molecule has 0 spiro atoms. The van der Waals surface area contributed by atoms with E-state index in [9.17, 15) is 14.0 Å². The van der Waals surface area contributed by atoms with Gasteiger partial charge in [-0.25, -0.2) is 9.18 Å². The van der Waals surface area contributed by atoms with Gasteiger partial charge in [-0.05, 0) is 37.3 Å². The second-order valence-corrected chi connectivity index (χ2v) is 5.76. The van der Waals surface area contributed by atoms with Gasteiger partial charge in [-0.15, -0.1) is 0 Å². The van der Waals surface area contributed by atoms with E-state index in [1.54, 1.807) is 12.1 Å². The van der Waals surface area contributed by atoms with Crippen molar-refractivity contribution in [1.29, 1.82) is 0 Å². The van der Waals surface area contributed by atoms with Crippen LogP contribution in [0.2, 0.25) is 0 Å². The van der Waals surface area contributed by atoms with E-state index in [0.717, 1.165) is 5.39 Å². The zero-order chi connectivity index (χ0) is 18.7. The largest absolute Gasteiger partial charge is 0.449 e. The highest BCUT2D eigenvalue weighted by Gasteiger charge is 2.26. The lowest BCUT2D eigenvalue weighted by atomic mass is 10.1. The van der Waals surface area contributed by atoms with E-state index in [1.807, 2.05) is 12.1 Å². The number of para-hydroxylation sites is 1. The van der Waals surface area contributed by atoms with Gasteiger partial charge in [-0.1, -0.05) is 18.2 Å². The molecule has 0 saturated heterocycles. The molecule has 0 N–H and O–H groups in total. The Morgan fingerprint density at radius 3 is 2.50 bits per heavy atom. The fourth-order valence-corrected chi connectivity index (χ4v) is 2.67. The molecular formula is C20H17FO5. The number of hydrogen-bond donors (Lipinski definition) is 0. The minimum absolute atomic E-state index is 0.00630. The third-order valence-electron chi connectivity index (χ3n) is 3.95. The molecule has 0 aliphatic heterocycles. The van der Waals surface area contributed by atoms with Crippen LogP contribution in [0.5, 0.6) is 0 Å². The zero-order valence-electron chi connectivity index (χ0n) is 14.3. The van der Waals surface area contributed by atoms with Crippen molar-refractivity contribution in [1.82, 2.24) is 0 Å². The third-order valence-corrected chi connectivity index (χ3v) is 3.95. The molecule has 0 amide bonds. The van der Waals surface area contributed by atoms with Crippen molar-refractivity contribution >= 4 is 22.7 Å². The van der Waals surface area contributed by atoms with E-state index in [-0.39, 0.29) is 17.9 Å². The van der Waals surface area contributed by atoms with E-state index < -0.39 is 23.7 Å². The number of benzene rings is 2. The van der Waals surface area contributed by atoms with Gasteiger partial charge < -0.3 is 13.9 Å². The fraction of sp³-hybridized carbons (Fsp3) is 0.200. The molecule has 0 aliphatic rings. The molecule has 1 aromatic heterocycles. The quantitative estimate of drug-likeness (QED) is 0.490. The number of ketones is 1. The standard InChI is InChI=1S/C20H17FO5/c1-12(18(22)13-7-9-14(21)10-8-13)25-20(23)19-16(11-24-2)15-5-3-4-6-17(15)26-19/h3-10,12H,11H2,1-2H3/t12-/m1/s1. The van der Waals surface area contributed by atoms with Gasteiger partial charge in [0.2, 0.25) is 11.5 Å². The second kappa shape index (κ2) is 7.49. The number of carbonyl (C=O) groups excluding carboxylic acids is 2. The van der Waals surface area contributed by atoms with Crippen molar-refractivity contribution in [2.24, 2.45) is 0 Å². The number of esters is 1. The minimum atomic E-state index is -1.04. The maximum atomic E-state index is 13.0. The number of Topliss-reactive ketones (excluding diaryl/α,β-unsaturated/α-hetero) is 1. The topological polar surface area (TPSA) is 65.7 Å². The van der Waals surface area contributed by atoms with Crippen LogP contribution in [0.4, 0.5) is 4.39 Å². The summed E-state index contributed by atoms with van der Waals surface area (Å²) in [6.45, 7) is 1.63. The Morgan fingerprint density at radius 1 is 1.12 bits per heavy atom. The Balaban J connectivity index is 1.83. The highest BCUT2D eigenvalue weighted by atomic mass is 19.1. The Kier molecular flexibility index (Phi) is 5.14. The summed E-state index contributed by atoms with van der Waals surface area (Å²) in [6.07, 6.45) is -1.04. The molecule has 2 aromatic carbocycles. The first-order chi connectivity index (χ1) is 12.5. The van der Waals surface area contributed by atoms with Crippen molar-refractivity contribution in [3.05, 3.63) is 71.2 Å². The predicted molar refractivity (Wildman–Crippen MR) is 92.5 cm³/mol. The second-order valence-electron chi connectivity index (χ2n) is 5.76. The summed E-state index contributed by atoms with van der Waals surface area (Å²) in [6, 6.07) is 12.2. The Morgan fingerprint density at radius 2 is 1.81 bits per heavy atom. The number of halogens is 1. The van der Waals surface area contributed by atoms with Crippen LogP contribution in [0.1, 0.15) is 33.4 Å². The lowest BCUT2D eigenvalue weighted by molar-refractivity contribution is 0.0286. The first-order valence-corrected chi connectivity index (χ1v) is 8.01. The molecule has 1 atom stereocenters. The third kappa shape index (κ3) is 3.50. The van der Waals surface area contributed by atoms with Crippen LogP contribution in [-0.4, -0.2) is 25.0 Å². The van der Waals surface area contributed by atoms with E-state index in [1.165, 1.54) is 38.3 Å². The molecule has 0 unspecified atom stereocenters. The van der Waals surface area contributed by atoms with Gasteiger partial charge in [0.1, 0.15) is 11.4 Å². The highest BCUT2D eigenvalue weighted by Crippen LogP contribution is 2.27. The number of methoxy groups -OCH3 is 1. The van der Waals surface area contributed by atoms with Crippen molar-refractivity contribution < 1.29 is 27.9 Å². The van der Waals surface area contributed by atoms with Gasteiger partial charge in [-0.3, -0.25) is 4.79 Å². The van der Waals surface area contributed by atoms with Crippen LogP contribution in [0.3, 0.4) is 0 Å². The van der Waals surface area contributed by atoms with Gasteiger partial charge in [0.05, 0.1) is 6.61 Å². The number of hydrogen-bond acceptors (Lipinski definition) is 5. The number of furan rings is 1. The molecule has 5 nitrogen and oxygen atoms in total. The van der Waals surface area contributed by atoms with Gasteiger partial charge in [0, 0.05) is 23.6 Å². The highest BCUT2D eigenvalue weighted by molar-refractivity contribution is 6.02. The summed E-state index contributed by atoms with van der Waals surface area (Å²) in [7, 11) is 1.51. The van der Waals surface area contributed by atoms with Crippen LogP contribution in [0.15, 0.2) is 52.9 Å². The molecule has 26 heavy (non-hydrogen) atoms. The fourth-order valence-electron chi connectivity index (χ4n) is 2.67. The van der Waals surface area contributed by atoms with Gasteiger partial charge in [-0.2, -0.15) is 0 Å². The monoisotopic (exact) mass is 356 g/mol. The summed E-state index contributed by atoms with van der Waals surface area (Å²) < 4.78 is 29.0. The summed E-state index contributed by atoms with van der Waals surface area (Å²) >= 11 is 0. The lowest BCUT2D eigenvalue weighted by Gasteiger charge is -2.12.